The zero-order valence-corrected chi connectivity index (χ0v) is 30.5. The molecule has 16 nitrogen and oxygen atoms in total. The van der Waals surface area contributed by atoms with E-state index in [1.807, 2.05) is 6.08 Å². The summed E-state index contributed by atoms with van der Waals surface area (Å²) in [6.07, 6.45) is 8.20. The number of amides is 4. The zero-order valence-electron chi connectivity index (χ0n) is 30.5. The van der Waals surface area contributed by atoms with Gasteiger partial charge in [0.1, 0.15) is 12.1 Å². The highest BCUT2D eigenvalue weighted by molar-refractivity contribution is 6.01. The maximum Gasteiger partial charge on any atom is 0.305 e. The number of aliphatic imine (C=N–C) groups is 1. The second-order valence-corrected chi connectivity index (χ2v) is 15.7. The van der Waals surface area contributed by atoms with Crippen LogP contribution in [-0.4, -0.2) is 94.9 Å². The van der Waals surface area contributed by atoms with Crippen molar-refractivity contribution in [3.05, 3.63) is 23.8 Å². The van der Waals surface area contributed by atoms with Gasteiger partial charge in [-0.2, -0.15) is 0 Å². The fraction of sp³-hybridized carbons (Fsp3) is 0.694. The molecule has 0 bridgehead atoms. The topological polar surface area (TPSA) is 281 Å². The SMILES string of the molecule is CC(C)[C@H](NC(=O)[C@H](CC(=O)O)NC(=O)CNC(=O)[C@@H](N)CCCN=C(N)N)C(=O)N[C@H]1CC[C@H]2[C@@H]3CCC4=CC(=O)C=C[C@]4(C)[C@H]3[C@H](O)C[C@]12C. The maximum atomic E-state index is 13.8. The molecule has 0 aliphatic heterocycles. The summed E-state index contributed by atoms with van der Waals surface area (Å²) in [7, 11) is 0. The molecule has 3 saturated carbocycles. The van der Waals surface area contributed by atoms with Gasteiger partial charge in [-0.3, -0.25) is 33.8 Å². The van der Waals surface area contributed by atoms with Crippen LogP contribution in [0.25, 0.3) is 0 Å². The largest absolute Gasteiger partial charge is 0.481 e. The number of fused-ring (bicyclic) bond motifs is 5. The van der Waals surface area contributed by atoms with Crippen LogP contribution in [0.3, 0.4) is 0 Å². The molecular weight excluding hydrogens is 672 g/mol. The standard InChI is InChI=1S/C36H56N8O8/c1-18(2)30(44-32(51)24(15-28(48)49)42-27(47)17-41-31(50)23(37)6-5-13-40-34(38)39)33(52)43-26-10-9-22-21-8-7-19-14-20(45)11-12-35(19,3)29(21)25(46)16-36(22,26)4/h11-12,14,18,21-26,29-30,46H,5-10,13,15-17,37H2,1-4H3,(H,41,50)(H,42,47)(H,43,52)(H,44,51)(H,48,49)(H4,38,39,40)/t21-,22-,23-,24-,25+,26-,29+,30-,35-,36-/m0/s1. The van der Waals surface area contributed by atoms with Crippen LogP contribution in [0.4, 0.5) is 0 Å². The normalized spacial score (nSPS) is 30.7. The van der Waals surface area contributed by atoms with Crippen LogP contribution in [0.15, 0.2) is 28.8 Å². The van der Waals surface area contributed by atoms with Gasteiger partial charge in [-0.05, 0) is 80.3 Å². The Bertz CT molecular complexity index is 1510. The number of guanidine groups is 1. The Morgan fingerprint density at radius 3 is 2.40 bits per heavy atom. The number of rotatable bonds is 15. The molecule has 0 heterocycles. The van der Waals surface area contributed by atoms with Crippen molar-refractivity contribution in [2.24, 2.45) is 56.7 Å². The first-order valence-corrected chi connectivity index (χ1v) is 18.2. The number of carbonyl (C=O) groups excluding carboxylic acids is 5. The number of carboxylic acid groups (broad SMARTS) is 1. The van der Waals surface area contributed by atoms with E-state index in [-0.39, 0.29) is 48.5 Å². The molecule has 4 amide bonds. The van der Waals surface area contributed by atoms with Gasteiger partial charge in [0, 0.05) is 23.9 Å². The summed E-state index contributed by atoms with van der Waals surface area (Å²) in [6.45, 7) is 7.43. The van der Waals surface area contributed by atoms with Crippen LogP contribution in [0.1, 0.15) is 79.1 Å². The van der Waals surface area contributed by atoms with Gasteiger partial charge >= 0.3 is 5.97 Å². The Kier molecular flexibility index (Phi) is 12.9. The minimum Gasteiger partial charge on any atom is -0.481 e. The van der Waals surface area contributed by atoms with E-state index in [0.29, 0.717) is 19.3 Å². The van der Waals surface area contributed by atoms with Crippen LogP contribution in [-0.2, 0) is 28.8 Å². The molecule has 4 aliphatic carbocycles. The first-order chi connectivity index (χ1) is 24.4. The van der Waals surface area contributed by atoms with Crippen LogP contribution in [0.2, 0.25) is 0 Å². The molecule has 0 radical (unpaired) electrons. The molecule has 0 aromatic rings. The fourth-order valence-corrected chi connectivity index (χ4v) is 9.19. The number of nitrogens with one attached hydrogen (secondary N) is 4. The van der Waals surface area contributed by atoms with E-state index in [1.165, 1.54) is 0 Å². The molecule has 10 atom stereocenters. The molecule has 288 valence electrons. The first-order valence-electron chi connectivity index (χ1n) is 18.2. The number of aliphatic hydroxyl groups excluding tert-OH is 1. The van der Waals surface area contributed by atoms with Gasteiger partial charge in [-0.25, -0.2) is 0 Å². The first kappa shape index (κ1) is 40.5. The highest BCUT2D eigenvalue weighted by Crippen LogP contribution is 2.64. The number of ketones is 1. The Morgan fingerprint density at radius 1 is 1.04 bits per heavy atom. The smallest absolute Gasteiger partial charge is 0.305 e. The van der Waals surface area contributed by atoms with Crippen molar-refractivity contribution in [3.8, 4) is 0 Å². The number of nitrogens with zero attached hydrogens (tertiary/aromatic N) is 1. The lowest BCUT2D eigenvalue weighted by Crippen LogP contribution is -2.61. The highest BCUT2D eigenvalue weighted by atomic mass is 16.4. The van der Waals surface area contributed by atoms with Gasteiger partial charge in [0.2, 0.25) is 23.6 Å². The van der Waals surface area contributed by atoms with Crippen molar-refractivity contribution in [1.82, 2.24) is 21.3 Å². The van der Waals surface area contributed by atoms with Crippen molar-refractivity contribution in [1.29, 1.82) is 0 Å². The van der Waals surface area contributed by atoms with Crippen LogP contribution in [0, 0.1) is 34.5 Å². The number of hydrogen-bond acceptors (Lipinski definition) is 9. The summed E-state index contributed by atoms with van der Waals surface area (Å²) in [5.74, 6) is -4.21. The summed E-state index contributed by atoms with van der Waals surface area (Å²) >= 11 is 0. The van der Waals surface area contributed by atoms with E-state index in [4.69, 9.17) is 17.2 Å². The van der Waals surface area contributed by atoms with Crippen molar-refractivity contribution < 1.29 is 39.0 Å². The van der Waals surface area contributed by atoms with Gasteiger partial charge in [0.05, 0.1) is 25.1 Å². The van der Waals surface area contributed by atoms with E-state index in [2.05, 4.69) is 40.1 Å². The van der Waals surface area contributed by atoms with Gasteiger partial charge < -0.3 is 48.7 Å². The summed E-state index contributed by atoms with van der Waals surface area (Å²) in [6, 6.07) is -3.80. The van der Waals surface area contributed by atoms with E-state index >= 15 is 0 Å². The summed E-state index contributed by atoms with van der Waals surface area (Å²) in [5, 5.41) is 31.7. The van der Waals surface area contributed by atoms with E-state index in [1.54, 1.807) is 26.0 Å². The molecule has 0 aromatic heterocycles. The van der Waals surface area contributed by atoms with Gasteiger partial charge in [0.25, 0.3) is 0 Å². The quantitative estimate of drug-likeness (QED) is 0.0580. The minimum atomic E-state index is -1.53. The van der Waals surface area contributed by atoms with Crippen LogP contribution >= 0.6 is 0 Å². The van der Waals surface area contributed by atoms with Gasteiger partial charge in [0.15, 0.2) is 11.7 Å². The maximum absolute atomic E-state index is 13.8. The Hall–Kier alpha value is -4.31. The second kappa shape index (κ2) is 16.6. The Balaban J connectivity index is 1.37. The van der Waals surface area contributed by atoms with Crippen molar-refractivity contribution >= 4 is 41.3 Å². The predicted octanol–water partition coefficient (Wildman–Crippen LogP) is -0.653. The Labute approximate surface area is 304 Å². The fourth-order valence-electron chi connectivity index (χ4n) is 9.19. The monoisotopic (exact) mass is 728 g/mol. The molecule has 0 spiro atoms. The number of aliphatic hydroxyl groups is 1. The number of hydrogen-bond donors (Lipinski definition) is 9. The van der Waals surface area contributed by atoms with E-state index in [0.717, 1.165) is 24.8 Å². The minimum absolute atomic E-state index is 0.0219. The molecule has 0 saturated heterocycles. The van der Waals surface area contributed by atoms with Crippen LogP contribution in [0.5, 0.6) is 0 Å². The van der Waals surface area contributed by atoms with Gasteiger partial charge in [-0.15, -0.1) is 0 Å². The number of aliphatic carboxylic acids is 1. The van der Waals surface area contributed by atoms with Gasteiger partial charge in [-0.1, -0.05) is 39.3 Å². The molecule has 4 aliphatic rings. The van der Waals surface area contributed by atoms with E-state index < -0.39 is 83.5 Å². The number of carbonyl (C=O) groups is 6. The lowest BCUT2D eigenvalue weighted by Gasteiger charge is -2.58. The van der Waals surface area contributed by atoms with E-state index in [9.17, 15) is 39.0 Å². The molecule has 0 unspecified atom stereocenters. The third-order valence-corrected chi connectivity index (χ3v) is 11.8. The average Bonchev–Trinajstić information content (AvgIpc) is 3.38. The lowest BCUT2D eigenvalue weighted by atomic mass is 9.47. The highest BCUT2D eigenvalue weighted by Gasteiger charge is 2.62. The third-order valence-electron chi connectivity index (χ3n) is 11.8. The van der Waals surface area contributed by atoms with Crippen molar-refractivity contribution in [3.63, 3.8) is 0 Å². The third kappa shape index (κ3) is 9.00. The molecule has 12 N–H and O–H groups in total. The molecule has 4 rings (SSSR count). The lowest BCUT2D eigenvalue weighted by molar-refractivity contribution is -0.141. The molecule has 0 aromatic carbocycles. The summed E-state index contributed by atoms with van der Waals surface area (Å²) in [4.78, 5) is 79.9. The Morgan fingerprint density at radius 2 is 1.75 bits per heavy atom. The van der Waals surface area contributed by atoms with Crippen molar-refractivity contribution in [2.75, 3.05) is 13.1 Å². The number of allylic oxidation sites excluding steroid dienone is 4. The molecule has 52 heavy (non-hydrogen) atoms. The van der Waals surface area contributed by atoms with Crippen molar-refractivity contribution in [2.45, 2.75) is 109 Å². The molecule has 16 heteroatoms. The predicted molar refractivity (Wildman–Crippen MR) is 192 cm³/mol. The average molecular weight is 729 g/mol. The summed E-state index contributed by atoms with van der Waals surface area (Å²) in [5.41, 5.74) is 16.7. The number of carboxylic acids is 1. The number of nitrogens with two attached hydrogens (primary N) is 3. The molecule has 3 fully saturated rings. The second-order valence-electron chi connectivity index (χ2n) is 15.7. The van der Waals surface area contributed by atoms with Crippen LogP contribution < -0.4 is 38.5 Å². The zero-order chi connectivity index (χ0) is 38.5. The molecular formula is C36H56N8O8. The summed E-state index contributed by atoms with van der Waals surface area (Å²) < 4.78 is 0.